The Morgan fingerprint density at radius 3 is 0.854 bits per heavy atom. The first-order chi connectivity index (χ1) is 63.2. The van der Waals surface area contributed by atoms with E-state index in [0.29, 0.717) is 72.3 Å². The summed E-state index contributed by atoms with van der Waals surface area (Å²) < 4.78 is 159. The van der Waals surface area contributed by atoms with Crippen molar-refractivity contribution in [1.82, 2.24) is 15.1 Å². The molecular formula is C94H141N3O33. The molecule has 36 heteroatoms. The molecule has 0 saturated heterocycles. The number of esters is 5. The molecule has 0 spiro atoms. The van der Waals surface area contributed by atoms with Crippen molar-refractivity contribution >= 4 is 35.8 Å². The van der Waals surface area contributed by atoms with Crippen molar-refractivity contribution in [2.24, 2.45) is 0 Å². The maximum atomic E-state index is 15.9. The quantitative estimate of drug-likeness (QED) is 0.0217. The zero-order valence-electron chi connectivity index (χ0n) is 78.1. The Kier molecular flexibility index (Phi) is 60.7. The largest absolute Gasteiger partial charge is 0.487 e. The number of nitrogens with zero attached hydrogens (tertiary/aromatic N) is 2. The number of methoxy groups -OCH3 is 3. The zero-order valence-corrected chi connectivity index (χ0v) is 78.1. The fourth-order valence-electron chi connectivity index (χ4n) is 11.8. The van der Waals surface area contributed by atoms with E-state index in [1.165, 1.54) is 24.3 Å². The van der Waals surface area contributed by atoms with Crippen LogP contribution in [0, 0.1) is 27.7 Å². The van der Waals surface area contributed by atoms with Gasteiger partial charge in [-0.25, -0.2) is 14.4 Å². The van der Waals surface area contributed by atoms with Crippen LogP contribution in [0.5, 0.6) is 34.5 Å². The van der Waals surface area contributed by atoms with E-state index in [1.807, 2.05) is 108 Å². The van der Waals surface area contributed by atoms with Crippen molar-refractivity contribution in [3.63, 3.8) is 0 Å². The first-order valence-electron chi connectivity index (χ1n) is 44.0. The number of hydrogen-bond donors (Lipinski definition) is 1. The highest BCUT2D eigenvalue weighted by atomic mass is 16.6. The van der Waals surface area contributed by atoms with Crippen molar-refractivity contribution in [2.45, 2.75) is 65.5 Å². The SMILES string of the molecule is COCCOCCOCCOc1cc(C(=O)NC(COC(=O)c2cc(C)cc(C)c2)(COC(=O)c2cc(C)cc(C)c2)COC(=O)c2cc(OCCOCCOCCOC(=O)CCCN(C)C)c(OCCOCCOCCOCc3ccccc3)c(OCCOCCOCCOC(=O)CCCN(C)C)c2)cc(OCCOCCOCCOC)c1OCCOCCOCCOC. The van der Waals surface area contributed by atoms with E-state index in [2.05, 4.69) is 5.32 Å². The normalized spacial score (nSPS) is 11.4. The summed E-state index contributed by atoms with van der Waals surface area (Å²) in [4.78, 5) is 89.1. The number of nitrogens with one attached hydrogen (secondary N) is 1. The van der Waals surface area contributed by atoms with Gasteiger partial charge in [0.25, 0.3) is 5.91 Å². The molecule has 5 aromatic rings. The second-order valence-electron chi connectivity index (χ2n) is 30.0. The second-order valence-corrected chi connectivity index (χ2v) is 30.0. The third kappa shape index (κ3) is 51.7. The summed E-state index contributed by atoms with van der Waals surface area (Å²) in [6.45, 7) is 12.3. The van der Waals surface area contributed by atoms with Crippen molar-refractivity contribution in [1.29, 1.82) is 0 Å². The molecule has 0 radical (unpaired) electrons. The van der Waals surface area contributed by atoms with Crippen LogP contribution in [0.15, 0.2) is 91.0 Å². The van der Waals surface area contributed by atoms with Crippen molar-refractivity contribution < 1.29 is 157 Å². The average Bonchev–Trinajstić information content (AvgIpc) is 0.811. The van der Waals surface area contributed by atoms with Gasteiger partial charge in [-0.1, -0.05) is 64.7 Å². The van der Waals surface area contributed by atoms with E-state index >= 15 is 9.59 Å². The third-order valence-electron chi connectivity index (χ3n) is 18.1. The van der Waals surface area contributed by atoms with E-state index in [0.717, 1.165) is 40.9 Å². The van der Waals surface area contributed by atoms with Crippen molar-refractivity contribution in [2.75, 3.05) is 320 Å². The van der Waals surface area contributed by atoms with Crippen LogP contribution < -0.4 is 33.7 Å². The molecule has 0 heterocycles. The van der Waals surface area contributed by atoms with Crippen LogP contribution in [0.3, 0.4) is 0 Å². The molecular weight excluding hydrogens is 1700 g/mol. The number of carbonyl (C=O) groups excluding carboxylic acids is 6. The highest BCUT2D eigenvalue weighted by Crippen LogP contribution is 2.41. The van der Waals surface area contributed by atoms with E-state index in [-0.39, 0.29) is 267 Å². The Morgan fingerprint density at radius 1 is 0.292 bits per heavy atom. The smallest absolute Gasteiger partial charge is 0.338 e. The van der Waals surface area contributed by atoms with Gasteiger partial charge < -0.3 is 143 Å². The summed E-state index contributed by atoms with van der Waals surface area (Å²) in [7, 11) is 12.5. The maximum absolute atomic E-state index is 15.9. The summed E-state index contributed by atoms with van der Waals surface area (Å²) in [5.74, 6) is -4.24. The van der Waals surface area contributed by atoms with E-state index < -0.39 is 49.2 Å². The van der Waals surface area contributed by atoms with Gasteiger partial charge in [-0.15, -0.1) is 0 Å². The van der Waals surface area contributed by atoms with Gasteiger partial charge in [0.05, 0.1) is 208 Å². The topological polar surface area (TPSA) is 370 Å². The molecule has 36 nitrogen and oxygen atoms in total. The first kappa shape index (κ1) is 112. The van der Waals surface area contributed by atoms with Crippen molar-refractivity contribution in [3.05, 3.63) is 141 Å². The summed E-state index contributed by atoms with van der Waals surface area (Å²) in [5.41, 5.74) is 1.77. The Balaban J connectivity index is 1.59. The van der Waals surface area contributed by atoms with Crippen LogP contribution in [0.2, 0.25) is 0 Å². The standard InChI is InChI=1S/C94H141N3O33/c1-73-59-74(2)62-79(61-73)91(101)128-70-94(71-129-92(102)80-63-75(3)60-76(4)64-80,95-90(100)78-65-82(120-51-43-111-33-29-107-26-23-104-9)88(126-57-49-117-35-31-109-28-25-106-11)83(66-78)121-52-44-112-34-30-108-27-24-105-10)72-130-93(103)81-67-84(122-53-45-113-37-39-115-47-55-124-86(98)19-15-21-96(5)6)89(127-58-50-118-36-32-110-41-42-119-69-77-17-13-12-14-18-77)85(68-81)123-54-46-114-38-40-116-48-56-125-87(99)20-16-22-97(7)8/h12-14,17-18,59-68H,15-16,19-58,69-72H2,1-11H3,(H,95,100). The van der Waals surface area contributed by atoms with Crippen LogP contribution >= 0.6 is 0 Å². The van der Waals surface area contributed by atoms with Crippen LogP contribution in [0.25, 0.3) is 0 Å². The van der Waals surface area contributed by atoms with Gasteiger partial charge in [0.15, 0.2) is 23.0 Å². The van der Waals surface area contributed by atoms with Gasteiger partial charge in [0.1, 0.15) is 78.2 Å². The minimum atomic E-state index is -2.19. The van der Waals surface area contributed by atoms with Crippen LogP contribution in [-0.4, -0.2) is 371 Å². The molecule has 0 aliphatic carbocycles. The molecule has 1 amide bonds. The number of aryl methyl sites for hydroxylation is 4. The number of benzene rings is 5. The summed E-state index contributed by atoms with van der Waals surface area (Å²) in [6, 6.07) is 25.6. The zero-order chi connectivity index (χ0) is 93.7. The molecule has 0 fully saturated rings. The summed E-state index contributed by atoms with van der Waals surface area (Å²) in [6.07, 6.45) is 1.89. The number of carbonyl (C=O) groups is 6. The predicted octanol–water partition coefficient (Wildman–Crippen LogP) is 8.36. The lowest BCUT2D eigenvalue weighted by Gasteiger charge is -2.33. The Hall–Kier alpha value is -9.00. The van der Waals surface area contributed by atoms with Gasteiger partial charge >= 0.3 is 29.8 Å². The molecule has 5 rings (SSSR count). The lowest BCUT2D eigenvalue weighted by Crippen LogP contribution is -2.59. The van der Waals surface area contributed by atoms with Crippen LogP contribution in [0.1, 0.15) is 94.9 Å². The fraction of sp³-hybridized carbons (Fsp3) is 0.617. The molecule has 730 valence electrons. The van der Waals surface area contributed by atoms with E-state index in [9.17, 15) is 19.2 Å². The average molecular weight is 1840 g/mol. The monoisotopic (exact) mass is 1840 g/mol. The van der Waals surface area contributed by atoms with E-state index in [1.54, 1.807) is 45.6 Å². The highest BCUT2D eigenvalue weighted by molar-refractivity contribution is 5.97. The lowest BCUT2D eigenvalue weighted by molar-refractivity contribution is -0.146. The van der Waals surface area contributed by atoms with E-state index in [4.69, 9.17) is 128 Å². The Morgan fingerprint density at radius 2 is 0.554 bits per heavy atom. The number of ether oxygens (including phenoxy) is 27. The molecule has 0 aliphatic heterocycles. The molecule has 0 unspecified atom stereocenters. The Bertz CT molecular complexity index is 3680. The molecule has 130 heavy (non-hydrogen) atoms. The van der Waals surface area contributed by atoms with Gasteiger partial charge in [-0.05, 0) is 136 Å². The fourth-order valence-corrected chi connectivity index (χ4v) is 11.8. The maximum Gasteiger partial charge on any atom is 0.338 e. The number of rotatable bonds is 81. The van der Waals surface area contributed by atoms with Gasteiger partial charge in [0, 0.05) is 39.7 Å². The Labute approximate surface area is 765 Å². The number of amides is 1. The lowest BCUT2D eigenvalue weighted by atomic mass is 10.0. The van der Waals surface area contributed by atoms with Gasteiger partial charge in [-0.2, -0.15) is 0 Å². The minimum absolute atomic E-state index is 0.00698. The molecule has 0 atom stereocenters. The molecule has 0 saturated carbocycles. The first-order valence-corrected chi connectivity index (χ1v) is 44.0. The summed E-state index contributed by atoms with van der Waals surface area (Å²) >= 11 is 0. The predicted molar refractivity (Wildman–Crippen MR) is 478 cm³/mol. The van der Waals surface area contributed by atoms with Gasteiger partial charge in [0.2, 0.25) is 11.5 Å². The molecule has 5 aromatic carbocycles. The van der Waals surface area contributed by atoms with Crippen LogP contribution in [0.4, 0.5) is 0 Å². The molecule has 1 N–H and O–H groups in total. The minimum Gasteiger partial charge on any atom is -0.487 e. The molecule has 0 bridgehead atoms. The van der Waals surface area contributed by atoms with Crippen molar-refractivity contribution in [3.8, 4) is 34.5 Å². The molecule has 0 aromatic heterocycles. The van der Waals surface area contributed by atoms with Gasteiger partial charge in [-0.3, -0.25) is 14.4 Å². The molecule has 0 aliphatic rings. The third-order valence-corrected chi connectivity index (χ3v) is 18.1. The summed E-state index contributed by atoms with van der Waals surface area (Å²) in [5, 5.41) is 2.98. The second kappa shape index (κ2) is 70.7. The number of hydrogen-bond acceptors (Lipinski definition) is 35. The van der Waals surface area contributed by atoms with Crippen LogP contribution in [-0.2, 0) is 116 Å². The highest BCUT2D eigenvalue weighted by Gasteiger charge is 2.40.